The van der Waals surface area contributed by atoms with Crippen LogP contribution in [-0.2, 0) is 0 Å². The lowest BCUT2D eigenvalue weighted by atomic mass is 9.76. The van der Waals surface area contributed by atoms with Gasteiger partial charge in [0.1, 0.15) is 5.82 Å². The monoisotopic (exact) mass is 354 g/mol. The molecule has 0 bridgehead atoms. The molecular formula is C17H24BrFN2. The molecule has 1 aliphatic heterocycles. The predicted octanol–water partition coefficient (Wildman–Crippen LogP) is 4.24. The summed E-state index contributed by atoms with van der Waals surface area (Å²) in [6.07, 6.45) is 8.15. The average Bonchev–Trinajstić information content (AvgIpc) is 2.94. The lowest BCUT2D eigenvalue weighted by molar-refractivity contribution is 0.0777. The molecule has 21 heavy (non-hydrogen) atoms. The van der Waals surface area contributed by atoms with Gasteiger partial charge in [-0.2, -0.15) is 0 Å². The van der Waals surface area contributed by atoms with Crippen LogP contribution in [-0.4, -0.2) is 24.5 Å². The van der Waals surface area contributed by atoms with Gasteiger partial charge in [0.05, 0.1) is 0 Å². The molecule has 1 aromatic rings. The first-order valence-electron chi connectivity index (χ1n) is 8.03. The summed E-state index contributed by atoms with van der Waals surface area (Å²) in [5, 5.41) is 0. The van der Waals surface area contributed by atoms with Crippen molar-refractivity contribution in [3.8, 4) is 0 Å². The summed E-state index contributed by atoms with van der Waals surface area (Å²) < 4.78 is 14.5. The first-order chi connectivity index (χ1) is 10.1. The Bertz CT molecular complexity index is 490. The molecule has 1 aliphatic carbocycles. The Morgan fingerprint density at radius 3 is 2.48 bits per heavy atom. The van der Waals surface area contributed by atoms with E-state index in [1.165, 1.54) is 44.6 Å². The Hall–Kier alpha value is -0.450. The van der Waals surface area contributed by atoms with Gasteiger partial charge in [-0.1, -0.05) is 28.8 Å². The molecule has 0 aromatic heterocycles. The smallest absolute Gasteiger partial charge is 0.123 e. The minimum Gasteiger partial charge on any atom is -0.329 e. The normalized spacial score (nSPS) is 23.6. The van der Waals surface area contributed by atoms with Gasteiger partial charge in [-0.15, -0.1) is 0 Å². The third-order valence-corrected chi connectivity index (χ3v) is 6.23. The van der Waals surface area contributed by atoms with Gasteiger partial charge >= 0.3 is 0 Å². The van der Waals surface area contributed by atoms with Crippen LogP contribution in [0.15, 0.2) is 22.7 Å². The molecule has 1 saturated heterocycles. The molecule has 0 amide bonds. The van der Waals surface area contributed by atoms with Gasteiger partial charge in [0, 0.05) is 17.1 Å². The SMILES string of the molecule is NCC(c1cc(F)ccc1Br)N1CCC2(CCCC2)CC1. The van der Waals surface area contributed by atoms with Gasteiger partial charge in [0.15, 0.2) is 0 Å². The van der Waals surface area contributed by atoms with Crippen LogP contribution in [0.25, 0.3) is 0 Å². The fourth-order valence-corrected chi connectivity index (χ4v) is 4.69. The first-order valence-corrected chi connectivity index (χ1v) is 8.82. The summed E-state index contributed by atoms with van der Waals surface area (Å²) in [4.78, 5) is 2.45. The Morgan fingerprint density at radius 1 is 1.19 bits per heavy atom. The van der Waals surface area contributed by atoms with E-state index in [0.29, 0.717) is 12.0 Å². The minimum atomic E-state index is -0.184. The standard InChI is InChI=1S/C17H24BrFN2/c18-15-4-3-13(19)11-14(15)16(12-20)21-9-7-17(8-10-21)5-1-2-6-17/h3-4,11,16H,1-2,5-10,12,20H2. The Morgan fingerprint density at radius 2 is 1.86 bits per heavy atom. The molecule has 2 nitrogen and oxygen atoms in total. The second-order valence-electron chi connectivity index (χ2n) is 6.66. The van der Waals surface area contributed by atoms with E-state index in [9.17, 15) is 4.39 Å². The van der Waals surface area contributed by atoms with E-state index < -0.39 is 0 Å². The van der Waals surface area contributed by atoms with Crippen LogP contribution in [0, 0.1) is 11.2 Å². The largest absolute Gasteiger partial charge is 0.329 e. The van der Waals surface area contributed by atoms with Crippen molar-refractivity contribution in [2.24, 2.45) is 11.1 Å². The van der Waals surface area contributed by atoms with Crippen molar-refractivity contribution >= 4 is 15.9 Å². The summed E-state index contributed by atoms with van der Waals surface area (Å²) in [7, 11) is 0. The highest BCUT2D eigenvalue weighted by Crippen LogP contribution is 2.47. The summed E-state index contributed by atoms with van der Waals surface area (Å²) in [5.74, 6) is -0.184. The van der Waals surface area contributed by atoms with E-state index in [0.717, 1.165) is 23.1 Å². The quantitative estimate of drug-likeness (QED) is 0.879. The zero-order valence-corrected chi connectivity index (χ0v) is 14.0. The predicted molar refractivity (Wildman–Crippen MR) is 87.6 cm³/mol. The summed E-state index contributed by atoms with van der Waals surface area (Å²) in [5.41, 5.74) is 7.61. The average molecular weight is 355 g/mol. The zero-order chi connectivity index (χ0) is 14.9. The molecular weight excluding hydrogens is 331 g/mol. The van der Waals surface area contributed by atoms with Crippen LogP contribution in [0.3, 0.4) is 0 Å². The lowest BCUT2D eigenvalue weighted by Gasteiger charge is -2.43. The number of halogens is 2. The maximum atomic E-state index is 13.6. The van der Waals surface area contributed by atoms with E-state index in [1.807, 2.05) is 0 Å². The Labute approximate surface area is 135 Å². The Balaban J connectivity index is 1.74. The third-order valence-electron chi connectivity index (χ3n) is 5.50. The van der Waals surface area contributed by atoms with Gasteiger partial charge in [-0.3, -0.25) is 4.90 Å². The molecule has 2 fully saturated rings. The van der Waals surface area contributed by atoms with Crippen molar-refractivity contribution in [2.45, 2.75) is 44.6 Å². The molecule has 4 heteroatoms. The third kappa shape index (κ3) is 3.17. The van der Waals surface area contributed by atoms with E-state index in [4.69, 9.17) is 5.73 Å². The number of benzene rings is 1. The summed E-state index contributed by atoms with van der Waals surface area (Å²) in [6, 6.07) is 5.02. The number of piperidine rings is 1. The van der Waals surface area contributed by atoms with Crippen molar-refractivity contribution in [2.75, 3.05) is 19.6 Å². The van der Waals surface area contributed by atoms with Crippen LogP contribution < -0.4 is 5.73 Å². The van der Waals surface area contributed by atoms with Gasteiger partial charge in [0.2, 0.25) is 0 Å². The zero-order valence-electron chi connectivity index (χ0n) is 12.5. The van der Waals surface area contributed by atoms with Gasteiger partial charge in [-0.05, 0) is 68.0 Å². The molecule has 116 valence electrons. The highest BCUT2D eigenvalue weighted by Gasteiger charge is 2.38. The van der Waals surface area contributed by atoms with Crippen molar-refractivity contribution in [1.82, 2.24) is 4.90 Å². The van der Waals surface area contributed by atoms with E-state index in [1.54, 1.807) is 12.1 Å². The van der Waals surface area contributed by atoms with Crippen LogP contribution in [0.5, 0.6) is 0 Å². The number of hydrogen-bond donors (Lipinski definition) is 1. The highest BCUT2D eigenvalue weighted by atomic mass is 79.9. The van der Waals surface area contributed by atoms with Gasteiger partial charge in [-0.25, -0.2) is 4.39 Å². The van der Waals surface area contributed by atoms with Gasteiger partial charge < -0.3 is 5.73 Å². The van der Waals surface area contributed by atoms with E-state index >= 15 is 0 Å². The van der Waals surface area contributed by atoms with E-state index in [2.05, 4.69) is 20.8 Å². The molecule has 1 spiro atoms. The lowest BCUT2D eigenvalue weighted by Crippen LogP contribution is -2.43. The number of rotatable bonds is 3. The molecule has 1 saturated carbocycles. The first kappa shape index (κ1) is 15.4. The van der Waals surface area contributed by atoms with E-state index in [-0.39, 0.29) is 11.9 Å². The molecule has 0 radical (unpaired) electrons. The highest BCUT2D eigenvalue weighted by molar-refractivity contribution is 9.10. The topological polar surface area (TPSA) is 29.3 Å². The van der Waals surface area contributed by atoms with Gasteiger partial charge in [0.25, 0.3) is 0 Å². The molecule has 1 aromatic carbocycles. The molecule has 1 unspecified atom stereocenters. The number of likely N-dealkylation sites (tertiary alicyclic amines) is 1. The number of hydrogen-bond acceptors (Lipinski definition) is 2. The fraction of sp³-hybridized carbons (Fsp3) is 0.647. The second kappa shape index (κ2) is 6.35. The number of nitrogens with two attached hydrogens (primary N) is 1. The van der Waals surface area contributed by atoms with Crippen LogP contribution in [0.1, 0.15) is 50.1 Å². The van der Waals surface area contributed by atoms with Crippen molar-refractivity contribution in [1.29, 1.82) is 0 Å². The molecule has 3 rings (SSSR count). The maximum absolute atomic E-state index is 13.6. The Kier molecular flexibility index (Phi) is 4.67. The van der Waals surface area contributed by atoms with Crippen LogP contribution in [0.2, 0.25) is 0 Å². The van der Waals surface area contributed by atoms with Crippen molar-refractivity contribution in [3.05, 3.63) is 34.1 Å². The summed E-state index contributed by atoms with van der Waals surface area (Å²) in [6.45, 7) is 2.71. The van der Waals surface area contributed by atoms with Crippen molar-refractivity contribution < 1.29 is 4.39 Å². The molecule has 2 aliphatic rings. The second-order valence-corrected chi connectivity index (χ2v) is 7.51. The minimum absolute atomic E-state index is 0.119. The van der Waals surface area contributed by atoms with Crippen LogP contribution >= 0.6 is 15.9 Å². The molecule has 1 atom stereocenters. The van der Waals surface area contributed by atoms with Crippen molar-refractivity contribution in [3.63, 3.8) is 0 Å². The fourth-order valence-electron chi connectivity index (χ4n) is 4.18. The molecule has 2 N–H and O–H groups in total. The number of nitrogens with zero attached hydrogens (tertiary/aromatic N) is 1. The maximum Gasteiger partial charge on any atom is 0.123 e. The summed E-state index contributed by atoms with van der Waals surface area (Å²) >= 11 is 3.55. The molecule has 1 heterocycles. The van der Waals surface area contributed by atoms with Crippen LogP contribution in [0.4, 0.5) is 4.39 Å².